The maximum atomic E-state index is 12.3. The van der Waals surface area contributed by atoms with Crippen molar-refractivity contribution in [2.24, 2.45) is 0 Å². The van der Waals surface area contributed by atoms with Crippen LogP contribution >= 0.6 is 11.8 Å². The van der Waals surface area contributed by atoms with Crippen LogP contribution in [0.4, 0.5) is 0 Å². The largest absolute Gasteiger partial charge is 0.493 e. The molecule has 0 aliphatic heterocycles. The van der Waals surface area contributed by atoms with Crippen LogP contribution in [-0.2, 0) is 17.9 Å². The third kappa shape index (κ3) is 7.16. The highest BCUT2D eigenvalue weighted by Gasteiger charge is 2.12. The molecule has 10 heteroatoms. The average Bonchev–Trinajstić information content (AvgIpc) is 3.30. The van der Waals surface area contributed by atoms with Crippen LogP contribution in [0.2, 0.25) is 0 Å². The lowest BCUT2D eigenvalue weighted by atomic mass is 10.2. The van der Waals surface area contributed by atoms with Crippen molar-refractivity contribution in [2.45, 2.75) is 25.2 Å². The fourth-order valence-electron chi connectivity index (χ4n) is 3.25. The first-order chi connectivity index (χ1) is 17.1. The molecule has 3 rings (SSSR count). The highest BCUT2D eigenvalue weighted by molar-refractivity contribution is 7.99. The lowest BCUT2D eigenvalue weighted by Crippen LogP contribution is -2.22. The van der Waals surface area contributed by atoms with E-state index in [0.29, 0.717) is 47.7 Å². The summed E-state index contributed by atoms with van der Waals surface area (Å²) in [4.78, 5) is 12.3. The minimum atomic E-state index is -0.232. The van der Waals surface area contributed by atoms with E-state index in [0.717, 1.165) is 10.7 Å². The number of para-hydroxylation sites is 2. The molecule has 0 saturated heterocycles. The second-order valence-corrected chi connectivity index (χ2v) is 8.22. The van der Waals surface area contributed by atoms with E-state index in [2.05, 4.69) is 15.5 Å². The second-order valence-electron chi connectivity index (χ2n) is 7.16. The zero-order valence-electron chi connectivity index (χ0n) is 20.3. The third-order valence-electron chi connectivity index (χ3n) is 5.01. The van der Waals surface area contributed by atoms with Gasteiger partial charge >= 0.3 is 0 Å². The van der Waals surface area contributed by atoms with Gasteiger partial charge in [-0.05, 0) is 42.8 Å². The zero-order valence-corrected chi connectivity index (χ0v) is 21.1. The Morgan fingerprint density at radius 3 is 2.43 bits per heavy atom. The topological polar surface area (TPSA) is 96.7 Å². The van der Waals surface area contributed by atoms with E-state index in [9.17, 15) is 4.79 Å². The number of carbonyl (C=O) groups is 1. The molecule has 1 N–H and O–H groups in total. The highest BCUT2D eigenvalue weighted by atomic mass is 32.2. The van der Waals surface area contributed by atoms with Crippen LogP contribution in [-0.4, -0.2) is 54.4 Å². The Balaban J connectivity index is 1.50. The maximum Gasteiger partial charge on any atom is 0.244 e. The Labute approximate surface area is 209 Å². The molecule has 0 fully saturated rings. The van der Waals surface area contributed by atoms with Gasteiger partial charge in [-0.25, -0.2) is 0 Å². The van der Waals surface area contributed by atoms with Gasteiger partial charge < -0.3 is 28.8 Å². The molecule has 0 unspecified atom stereocenters. The third-order valence-corrected chi connectivity index (χ3v) is 5.94. The van der Waals surface area contributed by atoms with E-state index in [1.165, 1.54) is 6.08 Å². The average molecular weight is 499 g/mol. The van der Waals surface area contributed by atoms with Crippen LogP contribution in [0.1, 0.15) is 18.3 Å². The van der Waals surface area contributed by atoms with Crippen molar-refractivity contribution in [3.8, 4) is 23.0 Å². The van der Waals surface area contributed by atoms with Gasteiger partial charge in [0, 0.05) is 18.4 Å². The Bertz CT molecular complexity index is 1150. The highest BCUT2D eigenvalue weighted by Crippen LogP contribution is 2.28. The fourth-order valence-corrected chi connectivity index (χ4v) is 4.09. The molecule has 0 spiro atoms. The Kier molecular flexibility index (Phi) is 9.85. The number of nitrogens with zero attached hydrogens (tertiary/aromatic N) is 3. The van der Waals surface area contributed by atoms with E-state index in [4.69, 9.17) is 18.9 Å². The summed E-state index contributed by atoms with van der Waals surface area (Å²) < 4.78 is 23.6. The van der Waals surface area contributed by atoms with Crippen LogP contribution in [0, 0.1) is 0 Å². The first kappa shape index (κ1) is 26.0. The number of methoxy groups -OCH3 is 3. The van der Waals surface area contributed by atoms with Crippen molar-refractivity contribution >= 4 is 23.7 Å². The molecule has 0 atom stereocenters. The van der Waals surface area contributed by atoms with Crippen LogP contribution < -0.4 is 24.3 Å². The van der Waals surface area contributed by atoms with Gasteiger partial charge in [0.25, 0.3) is 0 Å². The molecule has 1 amide bonds. The molecule has 35 heavy (non-hydrogen) atoms. The Morgan fingerprint density at radius 1 is 1.00 bits per heavy atom. The van der Waals surface area contributed by atoms with Gasteiger partial charge in [0.2, 0.25) is 5.91 Å². The van der Waals surface area contributed by atoms with E-state index in [-0.39, 0.29) is 12.5 Å². The summed E-state index contributed by atoms with van der Waals surface area (Å²) in [5, 5.41) is 12.2. The molecule has 0 saturated carbocycles. The summed E-state index contributed by atoms with van der Waals surface area (Å²) in [5.41, 5.74) is 0.823. The predicted octanol–water partition coefficient (Wildman–Crippen LogP) is 3.82. The summed E-state index contributed by atoms with van der Waals surface area (Å²) in [6.07, 6.45) is 3.18. The summed E-state index contributed by atoms with van der Waals surface area (Å²) in [6.45, 7) is 3.47. The molecule has 0 aliphatic rings. The summed E-state index contributed by atoms with van der Waals surface area (Å²) >= 11 is 1.55. The molecule has 0 aliphatic carbocycles. The number of benzene rings is 2. The lowest BCUT2D eigenvalue weighted by molar-refractivity contribution is -0.116. The number of rotatable bonds is 13. The van der Waals surface area contributed by atoms with Gasteiger partial charge in [-0.15, -0.1) is 10.2 Å². The molecular formula is C25H30N4O5S. The number of hydrogen-bond acceptors (Lipinski definition) is 8. The number of ether oxygens (including phenoxy) is 4. The summed E-state index contributed by atoms with van der Waals surface area (Å²) in [7, 11) is 4.77. The lowest BCUT2D eigenvalue weighted by Gasteiger charge is -2.10. The SMILES string of the molecule is CCn1c(CNC(=O)C=Cc2ccc(OC)c(OC)c2)nnc1SCCOc1ccccc1OC. The first-order valence-corrected chi connectivity index (χ1v) is 12.1. The number of aromatic nitrogens is 3. The quantitative estimate of drug-likeness (QED) is 0.216. The Morgan fingerprint density at radius 2 is 1.71 bits per heavy atom. The van der Waals surface area contributed by atoms with Crippen molar-refractivity contribution in [2.75, 3.05) is 33.7 Å². The standard InChI is InChI=1S/C25H30N4O5S/c1-5-29-23(17-26-24(30)13-11-18-10-12-20(32-3)22(16-18)33-4)27-28-25(29)35-15-14-34-21-9-7-6-8-19(21)31-2/h6-13,16H,5,14-15,17H2,1-4H3,(H,26,30). The predicted molar refractivity (Wildman–Crippen MR) is 135 cm³/mol. The number of thioether (sulfide) groups is 1. The van der Waals surface area contributed by atoms with Crippen molar-refractivity contribution in [1.82, 2.24) is 20.1 Å². The van der Waals surface area contributed by atoms with Gasteiger partial charge in [0.05, 0.1) is 34.5 Å². The monoisotopic (exact) mass is 498 g/mol. The van der Waals surface area contributed by atoms with Crippen LogP contribution in [0.3, 0.4) is 0 Å². The number of hydrogen-bond donors (Lipinski definition) is 1. The van der Waals surface area contributed by atoms with Gasteiger partial charge in [0.1, 0.15) is 0 Å². The van der Waals surface area contributed by atoms with Gasteiger partial charge in [-0.3, -0.25) is 4.79 Å². The van der Waals surface area contributed by atoms with Crippen molar-refractivity contribution in [1.29, 1.82) is 0 Å². The van der Waals surface area contributed by atoms with Crippen molar-refractivity contribution in [3.05, 3.63) is 59.9 Å². The fraction of sp³-hybridized carbons (Fsp3) is 0.320. The summed E-state index contributed by atoms with van der Waals surface area (Å²) in [5.74, 6) is 3.79. The zero-order chi connectivity index (χ0) is 25.0. The number of nitrogens with one attached hydrogen (secondary N) is 1. The van der Waals surface area contributed by atoms with Gasteiger partial charge in [-0.1, -0.05) is 30.0 Å². The Hall–Kier alpha value is -3.66. The molecule has 0 radical (unpaired) electrons. The molecule has 186 valence electrons. The minimum Gasteiger partial charge on any atom is -0.493 e. The van der Waals surface area contributed by atoms with Crippen molar-refractivity contribution < 1.29 is 23.7 Å². The van der Waals surface area contributed by atoms with Crippen LogP contribution in [0.15, 0.2) is 53.7 Å². The molecular weight excluding hydrogens is 468 g/mol. The molecule has 1 heterocycles. The molecule has 1 aromatic heterocycles. The number of carbonyl (C=O) groups excluding carboxylic acids is 1. The first-order valence-electron chi connectivity index (χ1n) is 11.1. The second kappa shape index (κ2) is 13.3. The van der Waals surface area contributed by atoms with E-state index in [1.54, 1.807) is 51.3 Å². The van der Waals surface area contributed by atoms with Gasteiger partial charge in [0.15, 0.2) is 34.0 Å². The summed E-state index contributed by atoms with van der Waals surface area (Å²) in [6, 6.07) is 13.0. The molecule has 3 aromatic rings. The number of amides is 1. The van der Waals surface area contributed by atoms with E-state index in [1.807, 2.05) is 41.8 Å². The smallest absolute Gasteiger partial charge is 0.244 e. The van der Waals surface area contributed by atoms with Crippen LogP contribution in [0.25, 0.3) is 6.08 Å². The van der Waals surface area contributed by atoms with E-state index < -0.39 is 0 Å². The van der Waals surface area contributed by atoms with Gasteiger partial charge in [-0.2, -0.15) is 0 Å². The molecule has 9 nitrogen and oxygen atoms in total. The normalized spacial score (nSPS) is 10.9. The molecule has 2 aromatic carbocycles. The molecule has 0 bridgehead atoms. The van der Waals surface area contributed by atoms with E-state index >= 15 is 0 Å². The maximum absolute atomic E-state index is 12.3. The van der Waals surface area contributed by atoms with Crippen LogP contribution in [0.5, 0.6) is 23.0 Å². The van der Waals surface area contributed by atoms with Crippen molar-refractivity contribution in [3.63, 3.8) is 0 Å². The minimum absolute atomic E-state index is 0.232.